The van der Waals surface area contributed by atoms with Crippen LogP contribution in [0.5, 0.6) is 5.75 Å². The van der Waals surface area contributed by atoms with Crippen molar-refractivity contribution >= 4 is 5.97 Å². The summed E-state index contributed by atoms with van der Waals surface area (Å²) in [5, 5.41) is 10.9. The molecule has 3 rings (SSSR count). The van der Waals surface area contributed by atoms with Gasteiger partial charge in [0.05, 0.1) is 12.5 Å². The van der Waals surface area contributed by atoms with Gasteiger partial charge in [-0.2, -0.15) is 0 Å². The van der Waals surface area contributed by atoms with E-state index in [1.807, 2.05) is 24.3 Å². The van der Waals surface area contributed by atoms with Crippen LogP contribution in [0.25, 0.3) is 0 Å². The molecule has 0 aromatic heterocycles. The van der Waals surface area contributed by atoms with Crippen molar-refractivity contribution < 1.29 is 44.2 Å². The van der Waals surface area contributed by atoms with Crippen molar-refractivity contribution in [3.8, 4) is 17.6 Å². The number of carbonyl (C=O) groups excluding carboxylic acids is 1. The molecule has 0 aliphatic heterocycles. The molecule has 0 heterocycles. The van der Waals surface area contributed by atoms with Crippen molar-refractivity contribution in [2.75, 3.05) is 6.61 Å². The van der Waals surface area contributed by atoms with Crippen LogP contribution in [-0.4, -0.2) is 12.6 Å². The van der Waals surface area contributed by atoms with Crippen molar-refractivity contribution in [1.82, 2.24) is 0 Å². The van der Waals surface area contributed by atoms with E-state index in [2.05, 4.69) is 11.8 Å². The summed E-state index contributed by atoms with van der Waals surface area (Å²) in [5.41, 5.74) is 1.53. The molecule has 0 bridgehead atoms. The maximum atomic E-state index is 10.9. The molecule has 26 heavy (non-hydrogen) atoms. The fraction of sp³-hybridized carbons (Fsp3) is 0.591. The number of hydrogen-bond acceptors (Lipinski definition) is 3. The molecule has 2 fully saturated rings. The van der Waals surface area contributed by atoms with E-state index < -0.39 is 5.97 Å². The van der Waals surface area contributed by atoms with E-state index in [0.29, 0.717) is 11.3 Å². The summed E-state index contributed by atoms with van der Waals surface area (Å²) in [6.07, 6.45) is 9.55. The molecule has 1 spiro atoms. The summed E-state index contributed by atoms with van der Waals surface area (Å²) in [7, 11) is 0. The average Bonchev–Trinajstić information content (AvgIpc) is 3.23. The van der Waals surface area contributed by atoms with Crippen LogP contribution in [0.15, 0.2) is 24.3 Å². The van der Waals surface area contributed by atoms with Crippen LogP contribution in [0, 0.1) is 23.2 Å². The molecule has 1 aromatic carbocycles. The fourth-order valence-corrected chi connectivity index (χ4v) is 4.65. The van der Waals surface area contributed by atoms with Gasteiger partial charge in [0.25, 0.3) is 0 Å². The molecular weight excluding hydrogens is 335 g/mol. The third-order valence-electron chi connectivity index (χ3n) is 5.93. The smallest absolute Gasteiger partial charge is 0.550 e. The third kappa shape index (κ3) is 5.52. The minimum Gasteiger partial charge on any atom is -0.550 e. The Morgan fingerprint density at radius 1 is 1.27 bits per heavy atom. The molecule has 0 radical (unpaired) electrons. The molecule has 3 nitrogen and oxygen atoms in total. The number of carbonyl (C=O) groups is 1. The Morgan fingerprint density at radius 3 is 2.58 bits per heavy atom. The summed E-state index contributed by atoms with van der Waals surface area (Å²) in [6.45, 7) is 2.51. The summed E-state index contributed by atoms with van der Waals surface area (Å²) < 4.78 is 6.00. The molecule has 0 N–H and O–H groups in total. The normalized spacial score (nSPS) is 21.5. The van der Waals surface area contributed by atoms with Crippen molar-refractivity contribution in [2.24, 2.45) is 11.3 Å². The second-order valence-corrected chi connectivity index (χ2v) is 7.72. The van der Waals surface area contributed by atoms with Crippen LogP contribution in [0.2, 0.25) is 0 Å². The minimum absolute atomic E-state index is 0. The van der Waals surface area contributed by atoms with Gasteiger partial charge in [-0.25, -0.2) is 0 Å². The van der Waals surface area contributed by atoms with Gasteiger partial charge in [0.1, 0.15) is 5.75 Å². The predicted molar refractivity (Wildman–Crippen MR) is 96.0 cm³/mol. The second-order valence-electron chi connectivity index (χ2n) is 7.72. The summed E-state index contributed by atoms with van der Waals surface area (Å²) in [4.78, 5) is 10.9. The maximum absolute atomic E-state index is 10.9. The number of carboxylic acids is 1. The topological polar surface area (TPSA) is 49.4 Å². The summed E-state index contributed by atoms with van der Waals surface area (Å²) in [5.74, 6) is 5.88. The molecule has 2 aliphatic rings. The Morgan fingerprint density at radius 2 is 1.96 bits per heavy atom. The van der Waals surface area contributed by atoms with Crippen LogP contribution < -0.4 is 39.4 Å². The van der Waals surface area contributed by atoms with Crippen molar-refractivity contribution in [1.29, 1.82) is 0 Å². The van der Waals surface area contributed by atoms with Crippen LogP contribution in [0.4, 0.5) is 0 Å². The molecule has 2 saturated carbocycles. The van der Waals surface area contributed by atoms with Gasteiger partial charge in [-0.15, -0.1) is 5.92 Å². The van der Waals surface area contributed by atoms with Gasteiger partial charge in [0, 0.05) is 12.4 Å². The van der Waals surface area contributed by atoms with Crippen LogP contribution in [0.1, 0.15) is 69.8 Å². The Kier molecular flexibility index (Phi) is 8.07. The maximum Gasteiger partial charge on any atom is 1.00 e. The fourth-order valence-electron chi connectivity index (χ4n) is 4.65. The first kappa shape index (κ1) is 21.4. The largest absolute Gasteiger partial charge is 1.00 e. The quantitative estimate of drug-likeness (QED) is 0.552. The van der Waals surface area contributed by atoms with E-state index in [1.54, 1.807) is 6.92 Å². The Bertz CT molecular complexity index is 650. The monoisotopic (exact) mass is 362 g/mol. The van der Waals surface area contributed by atoms with Gasteiger partial charge in [0.2, 0.25) is 0 Å². The molecule has 1 unspecified atom stereocenters. The molecule has 2 aliphatic carbocycles. The molecule has 4 heteroatoms. The van der Waals surface area contributed by atoms with E-state index in [4.69, 9.17) is 4.74 Å². The van der Waals surface area contributed by atoms with Crippen LogP contribution in [-0.2, 0) is 4.79 Å². The zero-order valence-electron chi connectivity index (χ0n) is 16.1. The number of ether oxygens (including phenoxy) is 1. The number of hydrogen-bond donors (Lipinski definition) is 0. The van der Waals surface area contributed by atoms with Gasteiger partial charge in [-0.1, -0.05) is 30.9 Å². The number of benzene rings is 1. The molecule has 0 saturated heterocycles. The van der Waals surface area contributed by atoms with Crippen LogP contribution >= 0.6 is 0 Å². The van der Waals surface area contributed by atoms with Gasteiger partial charge in [-0.3, -0.25) is 0 Å². The summed E-state index contributed by atoms with van der Waals surface area (Å²) in [6, 6.07) is 7.69. The van der Waals surface area contributed by atoms with E-state index in [9.17, 15) is 9.90 Å². The number of aliphatic carboxylic acids is 1. The number of carboxylic acid groups (broad SMARTS) is 1. The first-order valence-electron chi connectivity index (χ1n) is 9.45. The van der Waals surface area contributed by atoms with Gasteiger partial charge < -0.3 is 14.6 Å². The van der Waals surface area contributed by atoms with Crippen molar-refractivity contribution in [3.63, 3.8) is 0 Å². The van der Waals surface area contributed by atoms with Gasteiger partial charge in [-0.05, 0) is 68.1 Å². The van der Waals surface area contributed by atoms with Crippen LogP contribution in [0.3, 0.4) is 0 Å². The standard InChI is InChI=1S/C22H28O3.Na/c1-2-5-19(14-21(23)24)18-6-8-20(9-7-18)25-16-17-10-13-22(15-17)11-3-4-12-22;/h6-9,17,19H,3-4,10-16H2,1H3,(H,23,24);/q;+1/p-1/t17?,19-;/m0./s1. The molecule has 1 aromatic rings. The molecule has 2 atom stereocenters. The number of rotatable bonds is 6. The molecular formula is C22H27NaO3. The van der Waals surface area contributed by atoms with Crippen molar-refractivity contribution in [3.05, 3.63) is 29.8 Å². The van der Waals surface area contributed by atoms with E-state index >= 15 is 0 Å². The SMILES string of the molecule is CC#C[C@@H](CC(=O)[O-])c1ccc(OCC2CCC3(CCCC3)C2)cc1.[Na+]. The van der Waals surface area contributed by atoms with Gasteiger partial charge in [0.15, 0.2) is 0 Å². The minimum atomic E-state index is -1.07. The Labute approximate surface area is 179 Å². The third-order valence-corrected chi connectivity index (χ3v) is 5.93. The zero-order chi connectivity index (χ0) is 17.7. The van der Waals surface area contributed by atoms with E-state index in [1.165, 1.54) is 44.9 Å². The van der Waals surface area contributed by atoms with E-state index in [0.717, 1.165) is 17.9 Å². The zero-order valence-corrected chi connectivity index (χ0v) is 18.1. The van der Waals surface area contributed by atoms with E-state index in [-0.39, 0.29) is 41.9 Å². The average molecular weight is 362 g/mol. The molecule has 0 amide bonds. The Hall–Kier alpha value is -0.950. The summed E-state index contributed by atoms with van der Waals surface area (Å²) >= 11 is 0. The first-order chi connectivity index (χ1) is 12.1. The molecule has 134 valence electrons. The predicted octanol–water partition coefficient (Wildman–Crippen LogP) is 0.677. The first-order valence-corrected chi connectivity index (χ1v) is 9.45. The second kappa shape index (κ2) is 9.83. The van der Waals surface area contributed by atoms with Crippen molar-refractivity contribution in [2.45, 2.75) is 64.2 Å². The Balaban J connectivity index is 0.00000243. The van der Waals surface area contributed by atoms with Gasteiger partial charge >= 0.3 is 29.6 Å².